The van der Waals surface area contributed by atoms with Crippen molar-refractivity contribution in [1.82, 2.24) is 19.8 Å². The van der Waals surface area contributed by atoms with E-state index in [0.717, 1.165) is 9.58 Å². The van der Waals surface area contributed by atoms with E-state index < -0.39 is 17.5 Å². The maximum absolute atomic E-state index is 13.3. The number of rotatable bonds is 2. The fourth-order valence-corrected chi connectivity index (χ4v) is 2.29. The summed E-state index contributed by atoms with van der Waals surface area (Å²) in [6.45, 7) is 0. The summed E-state index contributed by atoms with van der Waals surface area (Å²) in [5, 5.41) is 7.54. The number of hydrogen-bond donors (Lipinski definition) is 0. The van der Waals surface area contributed by atoms with E-state index in [9.17, 15) is 14.0 Å². The number of carbonyl (C=O) groups excluding carboxylic acids is 1. The molecule has 0 atom stereocenters. The molecule has 3 rings (SSSR count). The monoisotopic (exact) mass is 347 g/mol. The lowest BCUT2D eigenvalue weighted by Gasteiger charge is -2.15. The lowest BCUT2D eigenvalue weighted by atomic mass is 10.3. The van der Waals surface area contributed by atoms with E-state index in [-0.39, 0.29) is 10.7 Å². The van der Waals surface area contributed by atoms with Crippen LogP contribution < -0.4 is 10.6 Å². The van der Waals surface area contributed by atoms with Gasteiger partial charge in [-0.25, -0.2) is 14.0 Å². The average Bonchev–Trinajstić information content (AvgIpc) is 2.95. The predicted octanol–water partition coefficient (Wildman–Crippen LogP) is 2.33. The molecule has 7 nitrogen and oxygen atoms in total. The van der Waals surface area contributed by atoms with E-state index in [1.54, 1.807) is 24.3 Å². The molecule has 1 heterocycles. The highest BCUT2D eigenvalue weighted by Crippen LogP contribution is 2.17. The van der Waals surface area contributed by atoms with Crippen molar-refractivity contribution in [3.63, 3.8) is 0 Å². The van der Waals surface area contributed by atoms with Gasteiger partial charge in [0, 0.05) is 12.7 Å². The molecule has 0 aliphatic heterocycles. The number of para-hydroxylation sites is 1. The minimum absolute atomic E-state index is 0.277. The molecule has 122 valence electrons. The Bertz CT molecular complexity index is 968. The minimum atomic E-state index is -0.781. The maximum Gasteiger partial charge on any atom is 0.377 e. The van der Waals surface area contributed by atoms with Gasteiger partial charge in [0.25, 0.3) is 0 Å². The summed E-state index contributed by atoms with van der Waals surface area (Å²) in [4.78, 5) is 25.9. The first-order chi connectivity index (χ1) is 11.5. The van der Waals surface area contributed by atoms with Gasteiger partial charge >= 0.3 is 11.7 Å². The molecule has 0 N–H and O–H groups in total. The fourth-order valence-electron chi connectivity index (χ4n) is 2.08. The molecule has 1 amide bonds. The van der Waals surface area contributed by atoms with Crippen molar-refractivity contribution in [2.45, 2.75) is 0 Å². The standard InChI is InChI=1S/C15H11ClFN5O2/c1-20(11-6-4-5-10(17)9-11)14(23)22-15(24)21(18-19-22)13-8-3-2-7-12(13)16/h2-9H,1H3. The zero-order valence-corrected chi connectivity index (χ0v) is 13.2. The number of nitrogens with zero attached hydrogens (tertiary/aromatic N) is 5. The first-order valence-corrected chi connectivity index (χ1v) is 7.20. The van der Waals surface area contributed by atoms with Gasteiger partial charge in [0.2, 0.25) is 0 Å². The van der Waals surface area contributed by atoms with E-state index in [4.69, 9.17) is 11.6 Å². The SMILES string of the molecule is CN(C(=O)n1nnn(-c2ccccc2Cl)c1=O)c1cccc(F)c1. The number of amides is 1. The van der Waals surface area contributed by atoms with E-state index in [1.807, 2.05) is 0 Å². The van der Waals surface area contributed by atoms with Crippen LogP contribution in [0.5, 0.6) is 0 Å². The van der Waals surface area contributed by atoms with Gasteiger partial charge < -0.3 is 0 Å². The smallest absolute Gasteiger partial charge is 0.295 e. The molecule has 3 aromatic rings. The van der Waals surface area contributed by atoms with Gasteiger partial charge in [-0.2, -0.15) is 4.68 Å². The van der Waals surface area contributed by atoms with Gasteiger partial charge in [0.15, 0.2) is 0 Å². The van der Waals surface area contributed by atoms with Crippen LogP contribution in [0.15, 0.2) is 53.3 Å². The molecule has 0 fully saturated rings. The molecule has 0 aliphatic rings. The topological polar surface area (TPSA) is 73.0 Å². The van der Waals surface area contributed by atoms with Crippen LogP contribution in [-0.2, 0) is 0 Å². The summed E-state index contributed by atoms with van der Waals surface area (Å²) in [6.07, 6.45) is 0. The van der Waals surface area contributed by atoms with E-state index in [2.05, 4.69) is 10.4 Å². The van der Waals surface area contributed by atoms with Crippen LogP contribution >= 0.6 is 11.6 Å². The number of hydrogen-bond acceptors (Lipinski definition) is 4. The molecule has 0 spiro atoms. The number of anilines is 1. The number of tetrazole rings is 1. The number of carbonyl (C=O) groups is 1. The quantitative estimate of drug-likeness (QED) is 0.667. The van der Waals surface area contributed by atoms with Gasteiger partial charge in [-0.05, 0) is 40.8 Å². The van der Waals surface area contributed by atoms with Crippen LogP contribution in [0.4, 0.5) is 14.9 Å². The van der Waals surface area contributed by atoms with E-state index in [0.29, 0.717) is 10.4 Å². The number of halogens is 2. The highest BCUT2D eigenvalue weighted by molar-refractivity contribution is 6.32. The summed E-state index contributed by atoms with van der Waals surface area (Å²) in [7, 11) is 1.40. The van der Waals surface area contributed by atoms with Crippen molar-refractivity contribution in [1.29, 1.82) is 0 Å². The molecule has 2 aromatic carbocycles. The van der Waals surface area contributed by atoms with Crippen molar-refractivity contribution < 1.29 is 9.18 Å². The predicted molar refractivity (Wildman–Crippen MR) is 86.2 cm³/mol. The van der Waals surface area contributed by atoms with Crippen molar-refractivity contribution >= 4 is 23.3 Å². The van der Waals surface area contributed by atoms with E-state index >= 15 is 0 Å². The summed E-state index contributed by atoms with van der Waals surface area (Å²) < 4.78 is 14.8. The van der Waals surface area contributed by atoms with Gasteiger partial charge in [0.1, 0.15) is 5.82 Å². The molecule has 9 heteroatoms. The second-order valence-corrected chi connectivity index (χ2v) is 5.27. The van der Waals surface area contributed by atoms with Crippen LogP contribution in [0, 0.1) is 5.82 Å². The Hall–Kier alpha value is -3.00. The second kappa shape index (κ2) is 6.25. The molecule has 0 bridgehead atoms. The van der Waals surface area contributed by atoms with Crippen LogP contribution in [-0.4, -0.2) is 32.9 Å². The van der Waals surface area contributed by atoms with Crippen LogP contribution in [0.2, 0.25) is 5.02 Å². The van der Waals surface area contributed by atoms with Crippen molar-refractivity contribution in [2.75, 3.05) is 11.9 Å². The molecule has 0 radical (unpaired) electrons. The highest BCUT2D eigenvalue weighted by Gasteiger charge is 2.21. The molecule has 0 unspecified atom stereocenters. The molecule has 24 heavy (non-hydrogen) atoms. The van der Waals surface area contributed by atoms with Crippen LogP contribution in [0.1, 0.15) is 0 Å². The van der Waals surface area contributed by atoms with Crippen molar-refractivity contribution in [3.8, 4) is 5.69 Å². The third-order valence-electron chi connectivity index (χ3n) is 3.33. The molecule has 1 aromatic heterocycles. The summed E-state index contributed by atoms with van der Waals surface area (Å²) in [5.74, 6) is -0.501. The molecular formula is C15H11ClFN5O2. The van der Waals surface area contributed by atoms with Crippen LogP contribution in [0.25, 0.3) is 5.69 Å². The van der Waals surface area contributed by atoms with Crippen molar-refractivity contribution in [3.05, 3.63) is 69.9 Å². The maximum atomic E-state index is 13.3. The Morgan fingerprint density at radius 2 is 1.92 bits per heavy atom. The Balaban J connectivity index is 1.98. The van der Waals surface area contributed by atoms with Gasteiger partial charge in [-0.3, -0.25) is 4.90 Å². The molecular weight excluding hydrogens is 337 g/mol. The van der Waals surface area contributed by atoms with Gasteiger partial charge in [0.05, 0.1) is 10.7 Å². The van der Waals surface area contributed by atoms with E-state index in [1.165, 1.54) is 31.3 Å². The second-order valence-electron chi connectivity index (χ2n) is 4.86. The Morgan fingerprint density at radius 1 is 1.17 bits per heavy atom. The highest BCUT2D eigenvalue weighted by atomic mass is 35.5. The molecule has 0 saturated heterocycles. The normalized spacial score (nSPS) is 10.6. The third-order valence-corrected chi connectivity index (χ3v) is 3.65. The average molecular weight is 348 g/mol. The van der Waals surface area contributed by atoms with Crippen molar-refractivity contribution in [2.24, 2.45) is 0 Å². The third kappa shape index (κ3) is 2.79. The largest absolute Gasteiger partial charge is 0.377 e. The Kier molecular flexibility index (Phi) is 4.13. The first-order valence-electron chi connectivity index (χ1n) is 6.82. The fraction of sp³-hybridized carbons (Fsp3) is 0.0667. The Labute approximate surface area is 140 Å². The number of aromatic nitrogens is 4. The lowest BCUT2D eigenvalue weighted by Crippen LogP contribution is -2.39. The first kappa shape index (κ1) is 15.9. The zero-order chi connectivity index (χ0) is 17.3. The number of benzene rings is 2. The molecule has 0 saturated carbocycles. The summed E-state index contributed by atoms with van der Waals surface area (Å²) in [6, 6.07) is 11.2. The summed E-state index contributed by atoms with van der Waals surface area (Å²) >= 11 is 6.02. The Morgan fingerprint density at radius 3 is 2.62 bits per heavy atom. The van der Waals surface area contributed by atoms with Crippen LogP contribution in [0.3, 0.4) is 0 Å². The summed E-state index contributed by atoms with van der Waals surface area (Å²) in [5.41, 5.74) is -0.202. The zero-order valence-electron chi connectivity index (χ0n) is 12.4. The lowest BCUT2D eigenvalue weighted by molar-refractivity contribution is 0.245. The molecule has 0 aliphatic carbocycles. The van der Waals surface area contributed by atoms with Gasteiger partial charge in [-0.1, -0.05) is 29.8 Å². The minimum Gasteiger partial charge on any atom is -0.295 e. The van der Waals surface area contributed by atoms with Gasteiger partial charge in [-0.15, -0.1) is 4.68 Å².